The Morgan fingerprint density at radius 1 is 1.23 bits per heavy atom. The number of amides is 1. The van der Waals surface area contributed by atoms with Gasteiger partial charge in [-0.2, -0.15) is 0 Å². The molecule has 146 valence electrons. The number of halogens is 1. The number of benzene rings is 1. The molecule has 1 amide bonds. The monoisotopic (exact) mass is 400 g/mol. The molecule has 0 saturated heterocycles. The number of carbonyl (C=O) groups is 1. The molecule has 26 heavy (non-hydrogen) atoms. The number of fused-ring (bicyclic) bond motifs is 2. The number of nitrogens with two attached hydrogens (primary N) is 1. The SMILES string of the molecule is COc1cc(CN(C)C(=O)C2C3CCC(C3)C2N)c(SC)cc1OC.Cl. The zero-order valence-corrected chi connectivity index (χ0v) is 17.5. The molecule has 2 aliphatic rings. The molecule has 3 rings (SSSR count). The summed E-state index contributed by atoms with van der Waals surface area (Å²) in [5.74, 6) is 2.58. The number of hydrogen-bond acceptors (Lipinski definition) is 5. The lowest BCUT2D eigenvalue weighted by Gasteiger charge is -2.31. The third-order valence-electron chi connectivity index (χ3n) is 5.84. The molecule has 2 aliphatic carbocycles. The first kappa shape index (κ1) is 21.2. The molecule has 0 heterocycles. The minimum Gasteiger partial charge on any atom is -0.493 e. The van der Waals surface area contributed by atoms with Gasteiger partial charge in [-0.15, -0.1) is 24.2 Å². The van der Waals surface area contributed by atoms with Crippen molar-refractivity contribution in [1.82, 2.24) is 4.90 Å². The van der Waals surface area contributed by atoms with E-state index in [-0.39, 0.29) is 30.3 Å². The number of carbonyl (C=O) groups excluding carboxylic acids is 1. The van der Waals surface area contributed by atoms with Crippen LogP contribution in [0.1, 0.15) is 24.8 Å². The summed E-state index contributed by atoms with van der Waals surface area (Å²) < 4.78 is 10.8. The van der Waals surface area contributed by atoms with Gasteiger partial charge in [-0.25, -0.2) is 0 Å². The van der Waals surface area contributed by atoms with Crippen molar-refractivity contribution in [2.75, 3.05) is 27.5 Å². The predicted octanol–water partition coefficient (Wildman–Crippen LogP) is 3.18. The smallest absolute Gasteiger partial charge is 0.227 e. The maximum atomic E-state index is 13.0. The van der Waals surface area contributed by atoms with E-state index in [0.717, 1.165) is 23.3 Å². The summed E-state index contributed by atoms with van der Waals surface area (Å²) >= 11 is 1.64. The van der Waals surface area contributed by atoms with Crippen LogP contribution >= 0.6 is 24.2 Å². The van der Waals surface area contributed by atoms with E-state index >= 15 is 0 Å². The van der Waals surface area contributed by atoms with Crippen LogP contribution in [0.15, 0.2) is 17.0 Å². The molecule has 7 heteroatoms. The lowest BCUT2D eigenvalue weighted by atomic mass is 9.84. The van der Waals surface area contributed by atoms with Crippen LogP contribution in [-0.2, 0) is 11.3 Å². The molecule has 1 aromatic carbocycles. The third kappa shape index (κ3) is 3.78. The molecule has 4 atom stereocenters. The van der Waals surface area contributed by atoms with Gasteiger partial charge in [0, 0.05) is 24.5 Å². The quantitative estimate of drug-likeness (QED) is 0.743. The number of hydrogen-bond donors (Lipinski definition) is 1. The van der Waals surface area contributed by atoms with Crippen molar-refractivity contribution in [2.24, 2.45) is 23.5 Å². The van der Waals surface area contributed by atoms with Crippen LogP contribution in [0.3, 0.4) is 0 Å². The van der Waals surface area contributed by atoms with Gasteiger partial charge in [0.15, 0.2) is 11.5 Å². The van der Waals surface area contributed by atoms with Crippen LogP contribution in [0, 0.1) is 17.8 Å². The van der Waals surface area contributed by atoms with Gasteiger partial charge in [0.2, 0.25) is 5.91 Å². The molecule has 2 fully saturated rings. The van der Waals surface area contributed by atoms with Gasteiger partial charge >= 0.3 is 0 Å². The highest BCUT2D eigenvalue weighted by Crippen LogP contribution is 2.48. The first-order valence-corrected chi connectivity index (χ1v) is 10.0. The van der Waals surface area contributed by atoms with Crippen molar-refractivity contribution in [2.45, 2.75) is 36.7 Å². The molecule has 0 aliphatic heterocycles. The normalized spacial score (nSPS) is 26.3. The molecule has 4 unspecified atom stereocenters. The van der Waals surface area contributed by atoms with E-state index in [4.69, 9.17) is 15.2 Å². The lowest BCUT2D eigenvalue weighted by molar-refractivity contribution is -0.137. The topological polar surface area (TPSA) is 64.8 Å². The van der Waals surface area contributed by atoms with Gasteiger partial charge < -0.3 is 20.1 Å². The first-order valence-electron chi connectivity index (χ1n) is 8.79. The number of methoxy groups -OCH3 is 2. The Kier molecular flexibility index (Phi) is 7.11. The van der Waals surface area contributed by atoms with Crippen molar-refractivity contribution in [3.8, 4) is 11.5 Å². The summed E-state index contributed by atoms with van der Waals surface area (Å²) in [7, 11) is 5.14. The van der Waals surface area contributed by atoms with E-state index in [1.807, 2.05) is 30.3 Å². The van der Waals surface area contributed by atoms with Gasteiger partial charge in [0.25, 0.3) is 0 Å². The highest BCUT2D eigenvalue weighted by Gasteiger charge is 2.49. The minimum absolute atomic E-state index is 0. The summed E-state index contributed by atoms with van der Waals surface area (Å²) in [6.45, 7) is 0.552. The maximum Gasteiger partial charge on any atom is 0.227 e. The highest BCUT2D eigenvalue weighted by atomic mass is 35.5. The van der Waals surface area contributed by atoms with Gasteiger partial charge in [0.05, 0.1) is 20.1 Å². The Labute approximate surface area is 166 Å². The van der Waals surface area contributed by atoms with Crippen LogP contribution in [0.25, 0.3) is 0 Å². The average molecular weight is 401 g/mol. The Bertz CT molecular complexity index is 656. The zero-order chi connectivity index (χ0) is 18.1. The Morgan fingerprint density at radius 3 is 2.38 bits per heavy atom. The molecule has 1 aromatic rings. The van der Waals surface area contributed by atoms with Gasteiger partial charge in [-0.1, -0.05) is 0 Å². The molecular formula is C19H29ClN2O3S. The minimum atomic E-state index is -0.0124. The second-order valence-electron chi connectivity index (χ2n) is 7.15. The van der Waals surface area contributed by atoms with Crippen molar-refractivity contribution < 1.29 is 14.3 Å². The van der Waals surface area contributed by atoms with Crippen molar-refractivity contribution >= 4 is 30.1 Å². The van der Waals surface area contributed by atoms with Gasteiger partial charge in [0.1, 0.15) is 0 Å². The van der Waals surface area contributed by atoms with Crippen LogP contribution < -0.4 is 15.2 Å². The maximum absolute atomic E-state index is 13.0. The van der Waals surface area contributed by atoms with Crippen molar-refractivity contribution in [3.63, 3.8) is 0 Å². The molecule has 5 nitrogen and oxygen atoms in total. The van der Waals surface area contributed by atoms with Crippen molar-refractivity contribution in [1.29, 1.82) is 0 Å². The Balaban J connectivity index is 0.00000243. The largest absolute Gasteiger partial charge is 0.493 e. The second-order valence-corrected chi connectivity index (χ2v) is 8.00. The highest BCUT2D eigenvalue weighted by molar-refractivity contribution is 7.98. The van der Waals surface area contributed by atoms with Crippen LogP contribution in [0.2, 0.25) is 0 Å². The molecule has 2 N–H and O–H groups in total. The summed E-state index contributed by atoms with van der Waals surface area (Å²) in [6.07, 6.45) is 5.48. The fourth-order valence-electron chi connectivity index (χ4n) is 4.51. The van der Waals surface area contributed by atoms with E-state index in [9.17, 15) is 4.79 Å². The van der Waals surface area contributed by atoms with Crippen LogP contribution in [0.4, 0.5) is 0 Å². The predicted molar refractivity (Wildman–Crippen MR) is 107 cm³/mol. The first-order chi connectivity index (χ1) is 12.0. The number of rotatable bonds is 6. The van der Waals surface area contributed by atoms with E-state index in [1.165, 1.54) is 6.42 Å². The summed E-state index contributed by atoms with van der Waals surface area (Å²) in [6, 6.07) is 3.97. The number of thioether (sulfide) groups is 1. The fourth-order valence-corrected chi connectivity index (χ4v) is 5.12. The number of nitrogens with zero attached hydrogens (tertiary/aromatic N) is 1. The summed E-state index contributed by atoms with van der Waals surface area (Å²) in [5.41, 5.74) is 7.42. The van der Waals surface area contributed by atoms with E-state index in [2.05, 4.69) is 0 Å². The molecule has 0 aromatic heterocycles. The molecule has 0 spiro atoms. The molecule has 2 bridgehead atoms. The molecule has 2 saturated carbocycles. The fraction of sp³-hybridized carbons (Fsp3) is 0.632. The third-order valence-corrected chi connectivity index (χ3v) is 6.66. The Hall–Kier alpha value is -1.11. The number of ether oxygens (including phenoxy) is 2. The summed E-state index contributed by atoms with van der Waals surface area (Å²) in [4.78, 5) is 15.9. The lowest BCUT2D eigenvalue weighted by Crippen LogP contribution is -2.45. The molecule has 0 radical (unpaired) electrons. The second kappa shape index (κ2) is 8.72. The Morgan fingerprint density at radius 2 is 1.85 bits per heavy atom. The van der Waals surface area contributed by atoms with E-state index in [0.29, 0.717) is 29.9 Å². The van der Waals surface area contributed by atoms with Crippen LogP contribution in [-0.4, -0.2) is 44.4 Å². The van der Waals surface area contributed by atoms with Gasteiger partial charge in [-0.3, -0.25) is 4.79 Å². The zero-order valence-electron chi connectivity index (χ0n) is 15.9. The van der Waals surface area contributed by atoms with E-state index < -0.39 is 0 Å². The van der Waals surface area contributed by atoms with Crippen LogP contribution in [0.5, 0.6) is 11.5 Å². The average Bonchev–Trinajstić information content (AvgIpc) is 3.21. The van der Waals surface area contributed by atoms with Gasteiger partial charge in [-0.05, 0) is 55.1 Å². The van der Waals surface area contributed by atoms with Crippen molar-refractivity contribution in [3.05, 3.63) is 17.7 Å². The standard InChI is InChI=1S/C19H28N2O3S.ClH/c1-21(19(22)17-11-5-6-12(7-11)18(17)20)10-13-8-14(23-2)15(24-3)9-16(13)25-4;/h8-9,11-12,17-18H,5-7,10,20H2,1-4H3;1H. The molecular weight excluding hydrogens is 372 g/mol. The summed E-state index contributed by atoms with van der Waals surface area (Å²) in [5, 5.41) is 0. The van der Waals surface area contributed by atoms with E-state index in [1.54, 1.807) is 26.0 Å².